The zero-order valence-corrected chi connectivity index (χ0v) is 32.8. The Morgan fingerprint density at radius 3 is 2.30 bits per heavy atom. The molecule has 3 heterocycles. The third-order valence-corrected chi connectivity index (χ3v) is 11.5. The maximum atomic E-state index is 14.1. The van der Waals surface area contributed by atoms with Gasteiger partial charge in [-0.25, -0.2) is 4.79 Å². The average molecular weight is 740 g/mol. The topological polar surface area (TPSA) is 149 Å². The van der Waals surface area contributed by atoms with Crippen molar-refractivity contribution in [3.05, 3.63) is 53.1 Å². The van der Waals surface area contributed by atoms with E-state index in [1.807, 2.05) is 56.3 Å². The Morgan fingerprint density at radius 2 is 1.66 bits per heavy atom. The van der Waals surface area contributed by atoms with Gasteiger partial charge >= 0.3 is 5.97 Å². The molecular weight excluding hydrogens is 678 g/mol. The van der Waals surface area contributed by atoms with E-state index >= 15 is 0 Å². The summed E-state index contributed by atoms with van der Waals surface area (Å²) in [7, 11) is 3.07. The van der Waals surface area contributed by atoms with Gasteiger partial charge in [0.1, 0.15) is 24.0 Å². The number of benzene rings is 1. The first-order chi connectivity index (χ1) is 25.1. The predicted octanol–water partition coefficient (Wildman–Crippen LogP) is 5.45. The lowest BCUT2D eigenvalue weighted by Crippen LogP contribution is -2.64. The summed E-state index contributed by atoms with van der Waals surface area (Å²) < 4.78 is 24.1. The second kappa shape index (κ2) is 18.9. The molecule has 11 nitrogen and oxygen atoms in total. The fourth-order valence-corrected chi connectivity index (χ4v) is 8.27. The van der Waals surface area contributed by atoms with Crippen LogP contribution in [0.25, 0.3) is 6.08 Å². The molecule has 11 unspecified atom stereocenters. The summed E-state index contributed by atoms with van der Waals surface area (Å²) in [5.74, 6) is -7.36. The van der Waals surface area contributed by atoms with Crippen molar-refractivity contribution in [1.82, 2.24) is 4.90 Å². The number of methoxy groups -OCH3 is 2. The van der Waals surface area contributed by atoms with E-state index in [1.165, 1.54) is 19.1 Å². The van der Waals surface area contributed by atoms with Gasteiger partial charge < -0.3 is 34.1 Å². The molecule has 53 heavy (non-hydrogen) atoms. The van der Waals surface area contributed by atoms with Crippen LogP contribution in [0.15, 0.2) is 47.6 Å². The number of cyclic esters (lactones) is 1. The molecule has 2 saturated heterocycles. The fourth-order valence-electron chi connectivity index (χ4n) is 8.27. The number of carbonyl (C=O) groups is 4. The molecule has 3 aliphatic rings. The molecule has 0 aliphatic carbocycles. The van der Waals surface area contributed by atoms with Crippen LogP contribution in [0.2, 0.25) is 0 Å². The number of amides is 1. The minimum Gasteiger partial charge on any atom is -0.456 e. The van der Waals surface area contributed by atoms with Gasteiger partial charge in [0.15, 0.2) is 0 Å². The van der Waals surface area contributed by atoms with Gasteiger partial charge in [-0.2, -0.15) is 0 Å². The van der Waals surface area contributed by atoms with Crippen molar-refractivity contribution in [3.63, 3.8) is 0 Å². The third-order valence-electron chi connectivity index (χ3n) is 11.5. The molecule has 0 radical (unpaired) electrons. The Labute approximate surface area is 315 Å². The number of allylic oxidation sites excluding steroid dienone is 2. The largest absolute Gasteiger partial charge is 0.456 e. The summed E-state index contributed by atoms with van der Waals surface area (Å²) in [4.78, 5) is 57.3. The van der Waals surface area contributed by atoms with Crippen LogP contribution >= 0.6 is 0 Å². The van der Waals surface area contributed by atoms with E-state index in [0.29, 0.717) is 37.7 Å². The van der Waals surface area contributed by atoms with Crippen LogP contribution in [-0.2, 0) is 38.1 Å². The number of esters is 1. The molecule has 2 bridgehead atoms. The molecule has 1 aromatic carbocycles. The summed E-state index contributed by atoms with van der Waals surface area (Å²) in [5.41, 5.74) is 2.51. The van der Waals surface area contributed by atoms with Crippen molar-refractivity contribution >= 4 is 29.5 Å². The maximum absolute atomic E-state index is 14.1. The highest BCUT2D eigenvalue weighted by Crippen LogP contribution is 2.39. The molecule has 1 aromatic rings. The molecular formula is C42H61NO10. The average Bonchev–Trinajstić information content (AvgIpc) is 3.14. The first kappa shape index (κ1) is 42.5. The highest BCUT2D eigenvalue weighted by atomic mass is 16.7. The highest BCUT2D eigenvalue weighted by Gasteiger charge is 2.56. The van der Waals surface area contributed by atoms with Gasteiger partial charge in [-0.05, 0) is 75.8 Å². The number of ketones is 2. The van der Waals surface area contributed by atoms with Gasteiger partial charge in [0.05, 0.1) is 18.3 Å². The minimum absolute atomic E-state index is 0.0480. The molecule has 2 N–H and O–H groups in total. The molecule has 294 valence electrons. The van der Waals surface area contributed by atoms with Crippen molar-refractivity contribution in [3.8, 4) is 0 Å². The Morgan fingerprint density at radius 1 is 1.00 bits per heavy atom. The quantitative estimate of drug-likeness (QED) is 0.227. The van der Waals surface area contributed by atoms with Crippen LogP contribution in [0, 0.1) is 23.7 Å². The summed E-state index contributed by atoms with van der Waals surface area (Å²) in [6.07, 6.45) is 2.94. The standard InChI is InChI=1S/C42H61NO10/c1-9-31-20-25(2)19-26(3)21-35(50-7)38-36(51-8)23-28(5)42(49,53-38)39(46)40(47)43-18-14-13-17-32(43)41(48)52-37(29(6)33(44)24-34(31)45)27(4)22-30-15-11-10-12-16-30/h10-12,15-16,20,22,26,28-29,31-33,35-38,44,49H,9,13-14,17-19,21,23-24H2,1-8H3/b25-20?,27-22-. The van der Waals surface area contributed by atoms with Gasteiger partial charge in [-0.15, -0.1) is 0 Å². The lowest BCUT2D eigenvalue weighted by Gasteiger charge is -2.47. The van der Waals surface area contributed by atoms with Crippen LogP contribution in [0.4, 0.5) is 0 Å². The molecule has 11 heteroatoms. The smallest absolute Gasteiger partial charge is 0.329 e. The van der Waals surface area contributed by atoms with Crippen molar-refractivity contribution in [2.45, 2.75) is 135 Å². The van der Waals surface area contributed by atoms with Crippen molar-refractivity contribution in [2.24, 2.45) is 23.7 Å². The monoisotopic (exact) mass is 739 g/mol. The van der Waals surface area contributed by atoms with E-state index in [2.05, 4.69) is 6.92 Å². The number of aliphatic hydroxyl groups is 2. The summed E-state index contributed by atoms with van der Waals surface area (Å²) >= 11 is 0. The number of rotatable bonds is 5. The van der Waals surface area contributed by atoms with E-state index in [0.717, 1.165) is 11.1 Å². The highest BCUT2D eigenvalue weighted by molar-refractivity contribution is 6.39. The van der Waals surface area contributed by atoms with Crippen LogP contribution < -0.4 is 0 Å². The van der Waals surface area contributed by atoms with Gasteiger partial charge in [-0.3, -0.25) is 14.4 Å². The number of piperidine rings is 1. The Hall–Kier alpha value is -3.22. The number of aliphatic hydroxyl groups excluding tert-OH is 1. The van der Waals surface area contributed by atoms with Crippen LogP contribution in [0.5, 0.6) is 0 Å². The first-order valence-corrected chi connectivity index (χ1v) is 19.3. The van der Waals surface area contributed by atoms with Gasteiger partial charge in [0.2, 0.25) is 5.79 Å². The first-order valence-electron chi connectivity index (χ1n) is 19.3. The minimum atomic E-state index is -2.48. The van der Waals surface area contributed by atoms with Crippen LogP contribution in [0.3, 0.4) is 0 Å². The molecule has 3 aliphatic heterocycles. The summed E-state index contributed by atoms with van der Waals surface area (Å²) in [5, 5.41) is 23.5. The molecule has 1 amide bonds. The van der Waals surface area contributed by atoms with E-state index in [1.54, 1.807) is 20.8 Å². The van der Waals surface area contributed by atoms with Gasteiger partial charge in [0, 0.05) is 44.9 Å². The number of carbonyl (C=O) groups excluding carboxylic acids is 4. The van der Waals surface area contributed by atoms with Crippen LogP contribution in [0.1, 0.15) is 98.5 Å². The Balaban J connectivity index is 1.78. The predicted molar refractivity (Wildman–Crippen MR) is 200 cm³/mol. The molecule has 0 spiro atoms. The van der Waals surface area contributed by atoms with E-state index in [-0.39, 0.29) is 37.5 Å². The molecule has 0 saturated carbocycles. The van der Waals surface area contributed by atoms with E-state index in [9.17, 15) is 29.4 Å². The lowest BCUT2D eigenvalue weighted by molar-refractivity contribution is -0.302. The second-order valence-corrected chi connectivity index (χ2v) is 15.6. The van der Waals surface area contributed by atoms with Crippen molar-refractivity contribution < 1.29 is 48.3 Å². The third kappa shape index (κ3) is 10.1. The van der Waals surface area contributed by atoms with Gasteiger partial charge in [-0.1, -0.05) is 75.8 Å². The normalized spacial score (nSPS) is 36.2. The molecule has 0 aromatic heterocycles. The number of nitrogens with zero attached hydrogens (tertiary/aromatic N) is 1. The SMILES string of the molecule is CCC1C=C(C)CC(C)CC(OC)C2OC(O)(C(=O)C(=O)N3CCCCC3C(=O)OC(/C(C)=C\c3ccccc3)C(C)C(O)CC1=O)C(C)CC2OC. The molecule has 11 atom stereocenters. The Bertz CT molecular complexity index is 1490. The lowest BCUT2D eigenvalue weighted by atomic mass is 9.82. The number of hydrogen-bond donors (Lipinski definition) is 2. The van der Waals surface area contributed by atoms with Crippen LogP contribution in [-0.4, -0.2) is 102 Å². The summed E-state index contributed by atoms with van der Waals surface area (Å²) in [6, 6.07) is 8.38. The number of fused-ring (bicyclic) bond motifs is 3. The number of Topliss-reactive ketones (excluding diaryl/α,β-unsaturated/α-hetero) is 2. The maximum Gasteiger partial charge on any atom is 0.329 e. The Kier molecular flexibility index (Phi) is 15.2. The molecule has 2 fully saturated rings. The van der Waals surface area contributed by atoms with E-state index in [4.69, 9.17) is 18.9 Å². The second-order valence-electron chi connectivity index (χ2n) is 15.6. The number of hydrogen-bond acceptors (Lipinski definition) is 10. The van der Waals surface area contributed by atoms with E-state index < -0.39 is 77.8 Å². The van der Waals surface area contributed by atoms with Crippen molar-refractivity contribution in [1.29, 1.82) is 0 Å². The summed E-state index contributed by atoms with van der Waals surface area (Å²) in [6.45, 7) is 11.3. The van der Waals surface area contributed by atoms with Gasteiger partial charge in [0.25, 0.3) is 11.7 Å². The van der Waals surface area contributed by atoms with Crippen molar-refractivity contribution in [2.75, 3.05) is 20.8 Å². The zero-order valence-electron chi connectivity index (χ0n) is 32.8. The number of ether oxygens (including phenoxy) is 4. The fraction of sp³-hybridized carbons (Fsp3) is 0.667. The zero-order chi connectivity index (χ0) is 39.0. The molecule has 4 rings (SSSR count).